The molecule has 1 aliphatic heterocycles. The molecule has 0 saturated carbocycles. The Bertz CT molecular complexity index is 899. The molecule has 0 spiro atoms. The number of anilines is 2. The fraction of sp³-hybridized carbons (Fsp3) is 0.278. The lowest BCUT2D eigenvalue weighted by Gasteiger charge is -2.19. The predicted octanol–water partition coefficient (Wildman–Crippen LogP) is 3.85. The van der Waals surface area contributed by atoms with Gasteiger partial charge in [-0.3, -0.25) is 4.79 Å². The summed E-state index contributed by atoms with van der Waals surface area (Å²) in [5, 5.41) is 4.02. The summed E-state index contributed by atoms with van der Waals surface area (Å²) in [4.78, 5) is 23.8. The van der Waals surface area contributed by atoms with E-state index in [0.717, 1.165) is 52.7 Å². The summed E-state index contributed by atoms with van der Waals surface area (Å²) in [6, 6.07) is 9.46. The van der Waals surface area contributed by atoms with Crippen LogP contribution in [0.5, 0.6) is 0 Å². The van der Waals surface area contributed by atoms with E-state index in [1.165, 1.54) is 0 Å². The largest absolute Gasteiger partial charge is 0.356 e. The highest BCUT2D eigenvalue weighted by atomic mass is 32.1. The lowest BCUT2D eigenvalue weighted by molar-refractivity contribution is 0.102. The predicted molar refractivity (Wildman–Crippen MR) is 98.0 cm³/mol. The molecule has 6 heteroatoms. The zero-order valence-electron chi connectivity index (χ0n) is 13.5. The van der Waals surface area contributed by atoms with E-state index in [2.05, 4.69) is 20.2 Å². The van der Waals surface area contributed by atoms with E-state index in [1.807, 2.05) is 37.3 Å². The van der Waals surface area contributed by atoms with Crippen LogP contribution in [0.4, 0.5) is 11.5 Å². The number of amides is 1. The van der Waals surface area contributed by atoms with Gasteiger partial charge in [0.1, 0.15) is 5.82 Å². The van der Waals surface area contributed by atoms with Crippen LogP contribution < -0.4 is 10.2 Å². The van der Waals surface area contributed by atoms with Crippen LogP contribution in [0.15, 0.2) is 36.5 Å². The van der Waals surface area contributed by atoms with Crippen LogP contribution in [-0.4, -0.2) is 29.0 Å². The Hall–Kier alpha value is -2.47. The van der Waals surface area contributed by atoms with Gasteiger partial charge in [0, 0.05) is 25.0 Å². The van der Waals surface area contributed by atoms with E-state index in [0.29, 0.717) is 5.56 Å². The molecule has 1 aromatic carbocycles. The number of hydrogen-bond acceptors (Lipinski definition) is 5. The molecule has 24 heavy (non-hydrogen) atoms. The molecule has 4 rings (SSSR count). The molecule has 3 heterocycles. The first-order chi connectivity index (χ1) is 11.7. The Morgan fingerprint density at radius 2 is 2.08 bits per heavy atom. The summed E-state index contributed by atoms with van der Waals surface area (Å²) in [5.41, 5.74) is 2.38. The van der Waals surface area contributed by atoms with Gasteiger partial charge in [-0.15, -0.1) is 11.3 Å². The lowest BCUT2D eigenvalue weighted by Crippen LogP contribution is -2.24. The highest BCUT2D eigenvalue weighted by Gasteiger charge is 2.20. The second kappa shape index (κ2) is 6.20. The van der Waals surface area contributed by atoms with Gasteiger partial charge < -0.3 is 10.2 Å². The molecule has 122 valence electrons. The van der Waals surface area contributed by atoms with Crippen molar-refractivity contribution in [2.24, 2.45) is 0 Å². The van der Waals surface area contributed by atoms with E-state index in [9.17, 15) is 4.79 Å². The van der Waals surface area contributed by atoms with Crippen LogP contribution in [0.25, 0.3) is 10.2 Å². The van der Waals surface area contributed by atoms with Crippen molar-refractivity contribution in [2.75, 3.05) is 23.3 Å². The summed E-state index contributed by atoms with van der Waals surface area (Å²) in [7, 11) is 0. The van der Waals surface area contributed by atoms with Crippen LogP contribution in [0.1, 0.15) is 28.2 Å². The monoisotopic (exact) mass is 338 g/mol. The SMILES string of the molecule is Cc1nc2ccc(NC(=O)c3cccnc3N3CCCC3)cc2s1. The van der Waals surface area contributed by atoms with E-state index >= 15 is 0 Å². The van der Waals surface area contributed by atoms with Crippen LogP contribution in [-0.2, 0) is 0 Å². The Kier molecular flexibility index (Phi) is 3.90. The van der Waals surface area contributed by atoms with Crippen molar-refractivity contribution >= 4 is 39.0 Å². The zero-order valence-corrected chi connectivity index (χ0v) is 14.3. The number of carbonyl (C=O) groups is 1. The molecule has 1 N–H and O–H groups in total. The maximum atomic E-state index is 12.7. The first-order valence-corrected chi connectivity index (χ1v) is 8.91. The van der Waals surface area contributed by atoms with E-state index < -0.39 is 0 Å². The Morgan fingerprint density at radius 1 is 1.25 bits per heavy atom. The van der Waals surface area contributed by atoms with Crippen molar-refractivity contribution in [2.45, 2.75) is 19.8 Å². The molecule has 1 saturated heterocycles. The molecule has 3 aromatic rings. The fourth-order valence-corrected chi connectivity index (χ4v) is 3.94. The molecular weight excluding hydrogens is 320 g/mol. The Labute approximate surface area is 144 Å². The maximum Gasteiger partial charge on any atom is 0.259 e. The number of carbonyl (C=O) groups excluding carboxylic acids is 1. The van der Waals surface area contributed by atoms with Gasteiger partial charge in [0.15, 0.2) is 0 Å². The first-order valence-electron chi connectivity index (χ1n) is 8.09. The maximum absolute atomic E-state index is 12.7. The highest BCUT2D eigenvalue weighted by molar-refractivity contribution is 7.18. The van der Waals surface area contributed by atoms with Gasteiger partial charge in [0.05, 0.1) is 20.8 Å². The quantitative estimate of drug-likeness (QED) is 0.788. The molecular formula is C18H18N4OS. The van der Waals surface area contributed by atoms with Crippen molar-refractivity contribution in [1.82, 2.24) is 9.97 Å². The minimum Gasteiger partial charge on any atom is -0.356 e. The molecule has 1 amide bonds. The van der Waals surface area contributed by atoms with Gasteiger partial charge in [-0.1, -0.05) is 0 Å². The number of nitrogens with zero attached hydrogens (tertiary/aromatic N) is 3. The van der Waals surface area contributed by atoms with Crippen molar-refractivity contribution in [1.29, 1.82) is 0 Å². The van der Waals surface area contributed by atoms with E-state index in [4.69, 9.17) is 0 Å². The third-order valence-electron chi connectivity index (χ3n) is 4.19. The molecule has 0 bridgehead atoms. The second-order valence-corrected chi connectivity index (χ2v) is 7.17. The van der Waals surface area contributed by atoms with Crippen molar-refractivity contribution in [3.05, 3.63) is 47.1 Å². The Morgan fingerprint density at radius 3 is 2.92 bits per heavy atom. The number of benzene rings is 1. The van der Waals surface area contributed by atoms with Gasteiger partial charge in [-0.2, -0.15) is 0 Å². The van der Waals surface area contributed by atoms with E-state index in [-0.39, 0.29) is 5.91 Å². The van der Waals surface area contributed by atoms with Gasteiger partial charge >= 0.3 is 0 Å². The summed E-state index contributed by atoms with van der Waals surface area (Å²) < 4.78 is 1.08. The normalized spacial score (nSPS) is 14.3. The number of thiazole rings is 1. The number of fused-ring (bicyclic) bond motifs is 1. The van der Waals surface area contributed by atoms with Crippen molar-refractivity contribution in [3.63, 3.8) is 0 Å². The smallest absolute Gasteiger partial charge is 0.259 e. The topological polar surface area (TPSA) is 58.1 Å². The number of rotatable bonds is 3. The van der Waals surface area contributed by atoms with Crippen molar-refractivity contribution in [3.8, 4) is 0 Å². The van der Waals surface area contributed by atoms with Gasteiger partial charge in [0.25, 0.3) is 5.91 Å². The standard InChI is InChI=1S/C18H18N4OS/c1-12-20-15-7-6-13(11-16(15)24-12)21-18(23)14-5-4-8-19-17(14)22-9-2-3-10-22/h4-8,11H,2-3,9-10H2,1H3,(H,21,23). The first kappa shape index (κ1) is 15.1. The second-order valence-electron chi connectivity index (χ2n) is 5.94. The molecule has 0 unspecified atom stereocenters. The molecule has 5 nitrogen and oxygen atoms in total. The van der Waals surface area contributed by atoms with Crippen molar-refractivity contribution < 1.29 is 4.79 Å². The average Bonchev–Trinajstić information content (AvgIpc) is 3.23. The number of pyridine rings is 1. The fourth-order valence-electron chi connectivity index (χ4n) is 3.07. The third kappa shape index (κ3) is 2.85. The molecule has 1 fully saturated rings. The number of aromatic nitrogens is 2. The number of hydrogen-bond donors (Lipinski definition) is 1. The van der Waals surface area contributed by atoms with E-state index in [1.54, 1.807) is 17.5 Å². The zero-order chi connectivity index (χ0) is 16.5. The van der Waals surface area contributed by atoms with Gasteiger partial charge in [-0.25, -0.2) is 9.97 Å². The molecule has 0 atom stereocenters. The van der Waals surface area contributed by atoms with Crippen LogP contribution >= 0.6 is 11.3 Å². The summed E-state index contributed by atoms with van der Waals surface area (Å²) >= 11 is 1.63. The molecule has 2 aromatic heterocycles. The molecule has 0 radical (unpaired) electrons. The third-order valence-corrected chi connectivity index (χ3v) is 5.12. The van der Waals surface area contributed by atoms with Gasteiger partial charge in [0.2, 0.25) is 0 Å². The highest BCUT2D eigenvalue weighted by Crippen LogP contribution is 2.26. The number of aryl methyl sites for hydroxylation is 1. The average molecular weight is 338 g/mol. The summed E-state index contributed by atoms with van der Waals surface area (Å²) in [6.45, 7) is 3.91. The molecule has 1 aliphatic rings. The minimum atomic E-state index is -0.120. The minimum absolute atomic E-state index is 0.120. The van der Waals surface area contributed by atoms with Crippen LogP contribution in [0.3, 0.4) is 0 Å². The number of nitrogens with one attached hydrogen (secondary N) is 1. The Balaban J connectivity index is 1.61. The van der Waals surface area contributed by atoms with Gasteiger partial charge in [-0.05, 0) is 50.1 Å². The lowest BCUT2D eigenvalue weighted by atomic mass is 10.2. The molecule has 0 aliphatic carbocycles. The summed E-state index contributed by atoms with van der Waals surface area (Å²) in [6.07, 6.45) is 4.05. The summed E-state index contributed by atoms with van der Waals surface area (Å²) in [5.74, 6) is 0.660. The van der Waals surface area contributed by atoms with Crippen LogP contribution in [0, 0.1) is 6.92 Å². The van der Waals surface area contributed by atoms with Crippen LogP contribution in [0.2, 0.25) is 0 Å².